The summed E-state index contributed by atoms with van der Waals surface area (Å²) in [4.78, 5) is 0. The summed E-state index contributed by atoms with van der Waals surface area (Å²) >= 11 is 0. The third kappa shape index (κ3) is 1.30. The first-order chi connectivity index (χ1) is 8.09. The molecule has 0 heterocycles. The average molecular weight is 238 g/mol. The van der Waals surface area contributed by atoms with Gasteiger partial charge in [-0.1, -0.05) is 12.1 Å². The van der Waals surface area contributed by atoms with Crippen molar-refractivity contribution in [1.82, 2.24) is 0 Å². The molecule has 0 amide bonds. The number of fused-ring (bicyclic) bond motifs is 3. The largest absolute Gasteiger partial charge is 0.206 e. The van der Waals surface area contributed by atoms with Crippen molar-refractivity contribution < 1.29 is 17.6 Å². The number of rotatable bonds is 0. The van der Waals surface area contributed by atoms with Gasteiger partial charge >= 0.3 is 0 Å². The van der Waals surface area contributed by atoms with Gasteiger partial charge in [0.05, 0.1) is 0 Å². The Morgan fingerprint density at radius 2 is 1.53 bits per heavy atom. The summed E-state index contributed by atoms with van der Waals surface area (Å²) in [5.41, 5.74) is 0.710. The monoisotopic (exact) mass is 238 g/mol. The zero-order valence-electron chi connectivity index (χ0n) is 8.53. The van der Waals surface area contributed by atoms with Crippen LogP contribution in [0.5, 0.6) is 0 Å². The molecule has 0 aliphatic heterocycles. The fourth-order valence-corrected chi connectivity index (χ4v) is 2.26. The minimum Gasteiger partial charge on any atom is -0.206 e. The minimum atomic E-state index is -1.56. The second-order valence-electron chi connectivity index (χ2n) is 3.97. The van der Waals surface area contributed by atoms with E-state index in [9.17, 15) is 17.6 Å². The number of hydrogen-bond donors (Lipinski definition) is 0. The second kappa shape index (κ2) is 3.32. The van der Waals surface area contributed by atoms with E-state index in [2.05, 4.69) is 0 Å². The molecule has 4 heteroatoms. The summed E-state index contributed by atoms with van der Waals surface area (Å²) in [6.07, 6.45) is 0.219. The van der Waals surface area contributed by atoms with Crippen LogP contribution in [-0.2, 0) is 6.42 Å². The quantitative estimate of drug-likeness (QED) is 0.412. The third-order valence-corrected chi connectivity index (χ3v) is 2.97. The SMILES string of the molecule is Fc1cc2c(c(F)c1F)-c1c(F)cccc1C2. The molecule has 2 aromatic carbocycles. The Hall–Kier alpha value is -1.84. The van der Waals surface area contributed by atoms with Crippen LogP contribution in [-0.4, -0.2) is 0 Å². The Balaban J connectivity index is 2.39. The molecule has 3 rings (SSSR count). The molecule has 17 heavy (non-hydrogen) atoms. The van der Waals surface area contributed by atoms with Crippen molar-refractivity contribution in [2.45, 2.75) is 6.42 Å². The van der Waals surface area contributed by atoms with Gasteiger partial charge in [0, 0.05) is 11.1 Å². The minimum absolute atomic E-state index is 0.0406. The lowest BCUT2D eigenvalue weighted by molar-refractivity contribution is 0.448. The Bertz CT molecular complexity index is 632. The van der Waals surface area contributed by atoms with Gasteiger partial charge in [-0.2, -0.15) is 0 Å². The summed E-state index contributed by atoms with van der Waals surface area (Å²) in [7, 11) is 0. The Labute approximate surface area is 94.5 Å². The van der Waals surface area contributed by atoms with Gasteiger partial charge < -0.3 is 0 Å². The first-order valence-electron chi connectivity index (χ1n) is 5.03. The molecular formula is C13H6F4. The molecule has 0 saturated carbocycles. The lowest BCUT2D eigenvalue weighted by Gasteiger charge is -2.05. The topological polar surface area (TPSA) is 0 Å². The van der Waals surface area contributed by atoms with Crippen molar-refractivity contribution in [2.24, 2.45) is 0 Å². The highest BCUT2D eigenvalue weighted by Crippen LogP contribution is 2.41. The van der Waals surface area contributed by atoms with Gasteiger partial charge in [-0.3, -0.25) is 0 Å². The molecule has 0 bridgehead atoms. The molecule has 86 valence electrons. The van der Waals surface area contributed by atoms with Crippen molar-refractivity contribution in [1.29, 1.82) is 0 Å². The molecule has 0 unspecified atom stereocenters. The molecule has 0 atom stereocenters. The van der Waals surface area contributed by atoms with E-state index in [1.54, 1.807) is 6.07 Å². The van der Waals surface area contributed by atoms with Gasteiger partial charge in [0.25, 0.3) is 0 Å². The maximum absolute atomic E-state index is 13.6. The molecule has 0 radical (unpaired) electrons. The summed E-state index contributed by atoms with van der Waals surface area (Å²) in [5, 5.41) is 0. The Kier molecular flexibility index (Phi) is 2.02. The molecule has 0 fully saturated rings. The van der Waals surface area contributed by atoms with E-state index < -0.39 is 23.3 Å². The van der Waals surface area contributed by atoms with Crippen LogP contribution in [0, 0.1) is 23.3 Å². The number of hydrogen-bond acceptors (Lipinski definition) is 0. The summed E-state index contributed by atoms with van der Waals surface area (Å²) in [6.45, 7) is 0. The van der Waals surface area contributed by atoms with Gasteiger partial charge in [-0.05, 0) is 29.7 Å². The molecule has 2 aromatic rings. The molecule has 1 aliphatic carbocycles. The second-order valence-corrected chi connectivity index (χ2v) is 3.97. The first-order valence-corrected chi connectivity index (χ1v) is 5.03. The van der Waals surface area contributed by atoms with E-state index in [1.165, 1.54) is 12.1 Å². The lowest BCUT2D eigenvalue weighted by Crippen LogP contribution is -1.96. The van der Waals surface area contributed by atoms with E-state index in [4.69, 9.17) is 0 Å². The summed E-state index contributed by atoms with van der Waals surface area (Å²) in [5.74, 6) is -4.73. The zero-order valence-corrected chi connectivity index (χ0v) is 8.53. The number of halogens is 4. The molecule has 0 spiro atoms. The van der Waals surface area contributed by atoms with Crippen LogP contribution in [0.15, 0.2) is 24.3 Å². The van der Waals surface area contributed by atoms with Crippen molar-refractivity contribution in [2.75, 3.05) is 0 Å². The lowest BCUT2D eigenvalue weighted by atomic mass is 10.0. The van der Waals surface area contributed by atoms with Crippen molar-refractivity contribution >= 4 is 0 Å². The van der Waals surface area contributed by atoms with Crippen LogP contribution in [0.1, 0.15) is 11.1 Å². The Morgan fingerprint density at radius 1 is 0.765 bits per heavy atom. The summed E-state index contributed by atoms with van der Waals surface area (Å²) < 4.78 is 53.4. The molecular weight excluding hydrogens is 232 g/mol. The highest BCUT2D eigenvalue weighted by atomic mass is 19.2. The van der Waals surface area contributed by atoms with Crippen molar-refractivity contribution in [3.63, 3.8) is 0 Å². The van der Waals surface area contributed by atoms with Crippen LogP contribution in [0.25, 0.3) is 11.1 Å². The maximum Gasteiger partial charge on any atom is 0.195 e. The van der Waals surface area contributed by atoms with Crippen molar-refractivity contribution in [3.05, 3.63) is 58.7 Å². The fourth-order valence-electron chi connectivity index (χ4n) is 2.26. The van der Waals surface area contributed by atoms with Crippen LogP contribution < -0.4 is 0 Å². The first kappa shape index (κ1) is 10.3. The molecule has 1 aliphatic rings. The highest BCUT2D eigenvalue weighted by molar-refractivity contribution is 5.77. The maximum atomic E-state index is 13.6. The van der Waals surface area contributed by atoms with E-state index in [0.29, 0.717) is 5.56 Å². The zero-order chi connectivity index (χ0) is 12.2. The van der Waals surface area contributed by atoms with Crippen LogP contribution in [0.3, 0.4) is 0 Å². The van der Waals surface area contributed by atoms with E-state index >= 15 is 0 Å². The van der Waals surface area contributed by atoms with Gasteiger partial charge in [0.2, 0.25) is 0 Å². The van der Waals surface area contributed by atoms with Crippen LogP contribution in [0.4, 0.5) is 17.6 Å². The van der Waals surface area contributed by atoms with Gasteiger partial charge in [-0.15, -0.1) is 0 Å². The van der Waals surface area contributed by atoms with Gasteiger partial charge in [0.15, 0.2) is 17.5 Å². The molecule has 0 N–H and O–H groups in total. The molecule has 0 aromatic heterocycles. The predicted octanol–water partition coefficient (Wildman–Crippen LogP) is 3.81. The van der Waals surface area contributed by atoms with E-state index in [-0.39, 0.29) is 23.1 Å². The predicted molar refractivity (Wildman–Crippen MR) is 54.5 cm³/mol. The average Bonchev–Trinajstić information content (AvgIpc) is 2.65. The van der Waals surface area contributed by atoms with Crippen LogP contribution in [0.2, 0.25) is 0 Å². The smallest absolute Gasteiger partial charge is 0.195 e. The normalized spacial score (nSPS) is 12.5. The Morgan fingerprint density at radius 3 is 2.29 bits per heavy atom. The standard InChI is InChI=1S/C13H6F4/c14-8-3-1-2-6-4-7-5-9(15)12(16)13(17)11(7)10(6)8/h1-3,5H,4H2. The van der Waals surface area contributed by atoms with Crippen molar-refractivity contribution in [3.8, 4) is 11.1 Å². The van der Waals surface area contributed by atoms with E-state index in [1.807, 2.05) is 0 Å². The van der Waals surface area contributed by atoms with Gasteiger partial charge in [0.1, 0.15) is 5.82 Å². The highest BCUT2D eigenvalue weighted by Gasteiger charge is 2.28. The molecule has 0 nitrogen and oxygen atoms in total. The molecule has 0 saturated heterocycles. The van der Waals surface area contributed by atoms with Gasteiger partial charge in [-0.25, -0.2) is 17.6 Å². The van der Waals surface area contributed by atoms with Crippen LogP contribution >= 0.6 is 0 Å². The number of benzene rings is 2. The summed E-state index contributed by atoms with van der Waals surface area (Å²) in [6, 6.07) is 5.21. The third-order valence-electron chi connectivity index (χ3n) is 2.97. The van der Waals surface area contributed by atoms with E-state index in [0.717, 1.165) is 6.07 Å². The fraction of sp³-hybridized carbons (Fsp3) is 0.0769.